The fourth-order valence-corrected chi connectivity index (χ4v) is 1.82. The molecule has 5 nitrogen and oxygen atoms in total. The van der Waals surface area contributed by atoms with Crippen molar-refractivity contribution < 1.29 is 14.3 Å². The van der Waals surface area contributed by atoms with Gasteiger partial charge in [-0.05, 0) is 18.1 Å². The zero-order valence-corrected chi connectivity index (χ0v) is 12.5. The average Bonchev–Trinajstić information content (AvgIpc) is 2.45. The van der Waals surface area contributed by atoms with Gasteiger partial charge >= 0.3 is 5.97 Å². The van der Waals surface area contributed by atoms with Crippen molar-refractivity contribution in [1.29, 1.82) is 0 Å². The van der Waals surface area contributed by atoms with E-state index >= 15 is 0 Å². The van der Waals surface area contributed by atoms with Gasteiger partial charge in [0.25, 0.3) is 0 Å². The van der Waals surface area contributed by atoms with Gasteiger partial charge in [0.05, 0.1) is 7.11 Å². The van der Waals surface area contributed by atoms with Crippen molar-refractivity contribution in [3.05, 3.63) is 29.8 Å². The maximum absolute atomic E-state index is 11.6. The van der Waals surface area contributed by atoms with Crippen molar-refractivity contribution in [2.75, 3.05) is 19.5 Å². The highest BCUT2D eigenvalue weighted by molar-refractivity contribution is 5.79. The Hall–Kier alpha value is -2.04. The van der Waals surface area contributed by atoms with Crippen LogP contribution in [-0.2, 0) is 20.9 Å². The summed E-state index contributed by atoms with van der Waals surface area (Å²) in [4.78, 5) is 24.6. The molecular formula is C15H22N2O3. The Balaban J connectivity index is 2.89. The summed E-state index contributed by atoms with van der Waals surface area (Å²) >= 11 is 0. The number of esters is 1. The van der Waals surface area contributed by atoms with Gasteiger partial charge in [-0.25, -0.2) is 4.79 Å². The van der Waals surface area contributed by atoms with Gasteiger partial charge in [-0.3, -0.25) is 4.79 Å². The van der Waals surface area contributed by atoms with Crippen molar-refractivity contribution in [3.63, 3.8) is 0 Å². The van der Waals surface area contributed by atoms with Gasteiger partial charge in [-0.1, -0.05) is 25.1 Å². The largest absolute Gasteiger partial charge is 0.467 e. The van der Waals surface area contributed by atoms with Crippen LogP contribution in [0, 0.1) is 0 Å². The van der Waals surface area contributed by atoms with Gasteiger partial charge in [0.15, 0.2) is 0 Å². The Labute approximate surface area is 119 Å². The van der Waals surface area contributed by atoms with Crippen LogP contribution in [0.2, 0.25) is 0 Å². The highest BCUT2D eigenvalue weighted by Crippen LogP contribution is 2.19. The van der Waals surface area contributed by atoms with Gasteiger partial charge in [-0.15, -0.1) is 0 Å². The molecule has 5 heteroatoms. The molecule has 1 rings (SSSR count). The lowest BCUT2D eigenvalue weighted by atomic mass is 10.1. The lowest BCUT2D eigenvalue weighted by Crippen LogP contribution is -2.31. The quantitative estimate of drug-likeness (QED) is 0.809. The van der Waals surface area contributed by atoms with E-state index in [1.165, 1.54) is 14.0 Å². The number of carbonyl (C=O) groups excluding carboxylic acids is 2. The Kier molecular flexibility index (Phi) is 6.03. The third kappa shape index (κ3) is 4.26. The number of amides is 1. The summed E-state index contributed by atoms with van der Waals surface area (Å²) in [5.74, 6) is -0.290. The van der Waals surface area contributed by atoms with Crippen molar-refractivity contribution in [2.24, 2.45) is 0 Å². The molecule has 1 N–H and O–H groups in total. The number of para-hydroxylation sites is 1. The van der Waals surface area contributed by atoms with E-state index in [1.807, 2.05) is 31.2 Å². The second-order valence-electron chi connectivity index (χ2n) is 4.66. The molecule has 1 aromatic carbocycles. The SMILES string of the molecule is CCC(Nc1ccccc1CN(C)C(C)=O)C(=O)OC. The predicted octanol–water partition coefficient (Wildman–Crippen LogP) is 2.03. The van der Waals surface area contributed by atoms with Gasteiger partial charge in [0, 0.05) is 26.2 Å². The molecule has 0 radical (unpaired) electrons. The van der Waals surface area contributed by atoms with Crippen LogP contribution >= 0.6 is 0 Å². The number of nitrogens with zero attached hydrogens (tertiary/aromatic N) is 1. The third-order valence-electron chi connectivity index (χ3n) is 3.19. The average molecular weight is 278 g/mol. The molecule has 0 heterocycles. The minimum Gasteiger partial charge on any atom is -0.467 e. The molecule has 110 valence electrons. The fraction of sp³-hybridized carbons (Fsp3) is 0.467. The number of ether oxygens (including phenoxy) is 1. The van der Waals surface area contributed by atoms with E-state index in [1.54, 1.807) is 11.9 Å². The summed E-state index contributed by atoms with van der Waals surface area (Å²) in [6.07, 6.45) is 0.629. The van der Waals surface area contributed by atoms with E-state index in [4.69, 9.17) is 4.74 Å². The van der Waals surface area contributed by atoms with Crippen LogP contribution in [0.1, 0.15) is 25.8 Å². The zero-order chi connectivity index (χ0) is 15.1. The number of hydrogen-bond donors (Lipinski definition) is 1. The minimum atomic E-state index is -0.385. The number of methoxy groups -OCH3 is 1. The molecule has 0 saturated carbocycles. The molecule has 0 fully saturated rings. The summed E-state index contributed by atoms with van der Waals surface area (Å²) < 4.78 is 4.77. The second-order valence-corrected chi connectivity index (χ2v) is 4.66. The predicted molar refractivity (Wildman–Crippen MR) is 78.3 cm³/mol. The van der Waals surface area contributed by atoms with Gasteiger partial charge in [0.1, 0.15) is 6.04 Å². The molecule has 0 aliphatic rings. The summed E-state index contributed by atoms with van der Waals surface area (Å²) in [5.41, 5.74) is 1.81. The first-order valence-electron chi connectivity index (χ1n) is 6.63. The Morgan fingerprint density at radius 2 is 2.00 bits per heavy atom. The monoisotopic (exact) mass is 278 g/mol. The Bertz CT molecular complexity index is 474. The summed E-state index contributed by atoms with van der Waals surface area (Å²) in [5, 5.41) is 3.18. The number of carbonyl (C=O) groups is 2. The topological polar surface area (TPSA) is 58.6 Å². The smallest absolute Gasteiger partial charge is 0.328 e. The normalized spacial score (nSPS) is 11.6. The van der Waals surface area contributed by atoms with E-state index in [-0.39, 0.29) is 17.9 Å². The van der Waals surface area contributed by atoms with E-state index in [0.29, 0.717) is 13.0 Å². The first-order valence-corrected chi connectivity index (χ1v) is 6.63. The number of rotatable bonds is 6. The molecule has 0 aromatic heterocycles. The first-order chi connectivity index (χ1) is 9.49. The number of anilines is 1. The number of hydrogen-bond acceptors (Lipinski definition) is 4. The molecule has 0 spiro atoms. The maximum Gasteiger partial charge on any atom is 0.328 e. The highest BCUT2D eigenvalue weighted by Gasteiger charge is 2.18. The van der Waals surface area contributed by atoms with Crippen molar-refractivity contribution >= 4 is 17.6 Å². The molecule has 0 aliphatic heterocycles. The van der Waals surface area contributed by atoms with Crippen LogP contribution in [0.3, 0.4) is 0 Å². The first kappa shape index (κ1) is 16.0. The molecule has 1 atom stereocenters. The van der Waals surface area contributed by atoms with Crippen LogP contribution in [0.15, 0.2) is 24.3 Å². The van der Waals surface area contributed by atoms with E-state index in [9.17, 15) is 9.59 Å². The molecule has 0 bridgehead atoms. The van der Waals surface area contributed by atoms with Crippen molar-refractivity contribution in [1.82, 2.24) is 4.90 Å². The lowest BCUT2D eigenvalue weighted by molar-refractivity contribution is -0.141. The van der Waals surface area contributed by atoms with Crippen LogP contribution in [0.5, 0.6) is 0 Å². The minimum absolute atomic E-state index is 0.000174. The molecule has 0 saturated heterocycles. The summed E-state index contributed by atoms with van der Waals surface area (Å²) in [6, 6.07) is 7.25. The van der Waals surface area contributed by atoms with Crippen molar-refractivity contribution in [3.8, 4) is 0 Å². The molecule has 20 heavy (non-hydrogen) atoms. The fourth-order valence-electron chi connectivity index (χ4n) is 1.82. The number of nitrogens with one attached hydrogen (secondary N) is 1. The van der Waals surface area contributed by atoms with Crippen LogP contribution in [0.25, 0.3) is 0 Å². The Morgan fingerprint density at radius 3 is 2.55 bits per heavy atom. The Morgan fingerprint density at radius 1 is 1.35 bits per heavy atom. The van der Waals surface area contributed by atoms with Crippen LogP contribution in [-0.4, -0.2) is 37.0 Å². The molecular weight excluding hydrogens is 256 g/mol. The van der Waals surface area contributed by atoms with E-state index < -0.39 is 0 Å². The van der Waals surface area contributed by atoms with Crippen LogP contribution in [0.4, 0.5) is 5.69 Å². The van der Waals surface area contributed by atoms with E-state index in [2.05, 4.69) is 5.32 Å². The van der Waals surface area contributed by atoms with Gasteiger partial charge in [-0.2, -0.15) is 0 Å². The summed E-state index contributed by atoms with van der Waals surface area (Å²) in [7, 11) is 3.12. The second kappa shape index (κ2) is 7.53. The lowest BCUT2D eigenvalue weighted by Gasteiger charge is -2.21. The zero-order valence-electron chi connectivity index (χ0n) is 12.5. The molecule has 1 amide bonds. The molecule has 1 aromatic rings. The summed E-state index contributed by atoms with van der Waals surface area (Å²) in [6.45, 7) is 3.94. The van der Waals surface area contributed by atoms with Gasteiger partial charge in [0.2, 0.25) is 5.91 Å². The van der Waals surface area contributed by atoms with E-state index in [0.717, 1.165) is 11.3 Å². The maximum atomic E-state index is 11.6. The van der Waals surface area contributed by atoms with Crippen LogP contribution < -0.4 is 5.32 Å². The standard InChI is InChI=1S/C15H22N2O3/c1-5-13(15(19)20-4)16-14-9-7-6-8-12(14)10-17(3)11(2)18/h6-9,13,16H,5,10H2,1-4H3. The van der Waals surface area contributed by atoms with Gasteiger partial charge < -0.3 is 15.0 Å². The highest BCUT2D eigenvalue weighted by atomic mass is 16.5. The molecule has 1 unspecified atom stereocenters. The number of benzene rings is 1. The molecule has 0 aliphatic carbocycles. The van der Waals surface area contributed by atoms with Crippen molar-refractivity contribution in [2.45, 2.75) is 32.9 Å². The third-order valence-corrected chi connectivity index (χ3v) is 3.19.